The zero-order valence-corrected chi connectivity index (χ0v) is 8.60. The first kappa shape index (κ1) is 10.8. The van der Waals surface area contributed by atoms with Crippen LogP contribution < -0.4 is 4.74 Å². The Kier molecular flexibility index (Phi) is 3.72. The molecule has 0 saturated heterocycles. The molecule has 0 spiro atoms. The molecule has 0 radical (unpaired) electrons. The average molecular weight is 192 g/mol. The predicted octanol–water partition coefficient (Wildman–Crippen LogP) is 2.55. The van der Waals surface area contributed by atoms with Gasteiger partial charge in [0.05, 0.1) is 13.2 Å². The van der Waals surface area contributed by atoms with Crippen LogP contribution in [0.5, 0.6) is 5.75 Å². The van der Waals surface area contributed by atoms with E-state index in [-0.39, 0.29) is 5.92 Å². The molecule has 2 atom stereocenters. The van der Waals surface area contributed by atoms with Gasteiger partial charge in [-0.2, -0.15) is 0 Å². The molecular formula is C12H16O2. The lowest BCUT2D eigenvalue weighted by Gasteiger charge is -2.15. The summed E-state index contributed by atoms with van der Waals surface area (Å²) in [6, 6.07) is 7.41. The van der Waals surface area contributed by atoms with Crippen molar-refractivity contribution < 1.29 is 9.84 Å². The number of ether oxygens (including phenoxy) is 1. The third kappa shape index (κ3) is 2.36. The van der Waals surface area contributed by atoms with Crippen molar-refractivity contribution in [3.8, 4) is 5.75 Å². The molecule has 0 fully saturated rings. The minimum atomic E-state index is -0.488. The number of hydrogen-bond donors (Lipinski definition) is 1. The summed E-state index contributed by atoms with van der Waals surface area (Å²) >= 11 is 0. The van der Waals surface area contributed by atoms with Crippen molar-refractivity contribution in [1.29, 1.82) is 0 Å². The van der Waals surface area contributed by atoms with Gasteiger partial charge in [-0.15, -0.1) is 6.58 Å². The SMILES string of the molecule is C=C[C@@H](C)[C@H](O)c1ccc(OC)cc1. The molecule has 0 aliphatic rings. The third-order valence-corrected chi connectivity index (χ3v) is 2.33. The molecule has 14 heavy (non-hydrogen) atoms. The summed E-state index contributed by atoms with van der Waals surface area (Å²) in [4.78, 5) is 0. The Labute approximate surface area is 84.8 Å². The first-order chi connectivity index (χ1) is 6.69. The summed E-state index contributed by atoms with van der Waals surface area (Å²) < 4.78 is 5.03. The van der Waals surface area contributed by atoms with Crippen LogP contribution in [-0.4, -0.2) is 12.2 Å². The van der Waals surface area contributed by atoms with Crippen molar-refractivity contribution in [2.24, 2.45) is 5.92 Å². The molecule has 0 unspecified atom stereocenters. The Morgan fingerprint density at radius 1 is 1.36 bits per heavy atom. The zero-order chi connectivity index (χ0) is 10.6. The number of hydrogen-bond acceptors (Lipinski definition) is 2. The van der Waals surface area contributed by atoms with Crippen molar-refractivity contribution in [3.63, 3.8) is 0 Å². The summed E-state index contributed by atoms with van der Waals surface area (Å²) in [6.45, 7) is 5.59. The lowest BCUT2D eigenvalue weighted by Crippen LogP contribution is -2.06. The summed E-state index contributed by atoms with van der Waals surface area (Å²) in [7, 11) is 1.62. The van der Waals surface area contributed by atoms with Gasteiger partial charge in [0.25, 0.3) is 0 Å². The van der Waals surface area contributed by atoms with E-state index in [0.717, 1.165) is 11.3 Å². The smallest absolute Gasteiger partial charge is 0.118 e. The lowest BCUT2D eigenvalue weighted by atomic mass is 9.98. The van der Waals surface area contributed by atoms with Gasteiger partial charge in [-0.25, -0.2) is 0 Å². The highest BCUT2D eigenvalue weighted by Gasteiger charge is 2.12. The number of methoxy groups -OCH3 is 1. The maximum atomic E-state index is 9.84. The van der Waals surface area contributed by atoms with E-state index in [0.29, 0.717) is 0 Å². The van der Waals surface area contributed by atoms with E-state index >= 15 is 0 Å². The van der Waals surface area contributed by atoms with E-state index in [1.807, 2.05) is 31.2 Å². The van der Waals surface area contributed by atoms with E-state index in [1.165, 1.54) is 0 Å². The monoisotopic (exact) mass is 192 g/mol. The Hall–Kier alpha value is -1.28. The van der Waals surface area contributed by atoms with Gasteiger partial charge < -0.3 is 9.84 Å². The summed E-state index contributed by atoms with van der Waals surface area (Å²) in [5, 5.41) is 9.84. The molecule has 0 aliphatic carbocycles. The summed E-state index contributed by atoms with van der Waals surface area (Å²) in [5.74, 6) is 0.857. The summed E-state index contributed by atoms with van der Waals surface area (Å²) in [6.07, 6.45) is 1.26. The zero-order valence-electron chi connectivity index (χ0n) is 8.60. The number of aliphatic hydroxyl groups excluding tert-OH is 1. The van der Waals surface area contributed by atoms with Crippen molar-refractivity contribution in [3.05, 3.63) is 42.5 Å². The fourth-order valence-corrected chi connectivity index (χ4v) is 1.23. The minimum Gasteiger partial charge on any atom is -0.497 e. The second kappa shape index (κ2) is 4.82. The molecule has 1 rings (SSSR count). The highest BCUT2D eigenvalue weighted by molar-refractivity contribution is 5.28. The van der Waals surface area contributed by atoms with Gasteiger partial charge in [0.15, 0.2) is 0 Å². The first-order valence-electron chi connectivity index (χ1n) is 4.63. The fourth-order valence-electron chi connectivity index (χ4n) is 1.23. The first-order valence-corrected chi connectivity index (χ1v) is 4.63. The molecule has 1 aromatic rings. The molecule has 0 bridgehead atoms. The molecular weight excluding hydrogens is 176 g/mol. The molecule has 2 heteroatoms. The van der Waals surface area contributed by atoms with E-state index in [9.17, 15) is 5.11 Å². The van der Waals surface area contributed by atoms with Crippen molar-refractivity contribution in [1.82, 2.24) is 0 Å². The van der Waals surface area contributed by atoms with E-state index < -0.39 is 6.10 Å². The van der Waals surface area contributed by atoms with Crippen LogP contribution in [0.4, 0.5) is 0 Å². The highest BCUT2D eigenvalue weighted by Crippen LogP contribution is 2.24. The summed E-state index contributed by atoms with van der Waals surface area (Å²) in [5.41, 5.74) is 0.887. The Morgan fingerprint density at radius 3 is 2.36 bits per heavy atom. The van der Waals surface area contributed by atoms with Gasteiger partial charge in [-0.3, -0.25) is 0 Å². The molecule has 0 heterocycles. The van der Waals surface area contributed by atoms with Crippen LogP contribution in [0.2, 0.25) is 0 Å². The molecule has 76 valence electrons. The van der Waals surface area contributed by atoms with E-state index in [1.54, 1.807) is 13.2 Å². The number of benzene rings is 1. The molecule has 0 aromatic heterocycles. The highest BCUT2D eigenvalue weighted by atomic mass is 16.5. The van der Waals surface area contributed by atoms with Crippen molar-refractivity contribution in [2.45, 2.75) is 13.0 Å². The Bertz CT molecular complexity index is 290. The van der Waals surface area contributed by atoms with E-state index in [2.05, 4.69) is 6.58 Å². The van der Waals surface area contributed by atoms with Crippen LogP contribution in [-0.2, 0) is 0 Å². The quantitative estimate of drug-likeness (QED) is 0.743. The number of aliphatic hydroxyl groups is 1. The van der Waals surface area contributed by atoms with Gasteiger partial charge in [0.1, 0.15) is 5.75 Å². The van der Waals surface area contributed by atoms with Crippen LogP contribution >= 0.6 is 0 Å². The van der Waals surface area contributed by atoms with Crippen LogP contribution in [0.15, 0.2) is 36.9 Å². The molecule has 0 amide bonds. The van der Waals surface area contributed by atoms with Crippen molar-refractivity contribution >= 4 is 0 Å². The maximum absolute atomic E-state index is 9.84. The average Bonchev–Trinajstić information content (AvgIpc) is 2.27. The van der Waals surface area contributed by atoms with Gasteiger partial charge >= 0.3 is 0 Å². The largest absolute Gasteiger partial charge is 0.497 e. The van der Waals surface area contributed by atoms with Crippen LogP contribution in [0, 0.1) is 5.92 Å². The second-order valence-electron chi connectivity index (χ2n) is 3.31. The minimum absolute atomic E-state index is 0.0587. The molecule has 0 saturated carbocycles. The van der Waals surface area contributed by atoms with Crippen LogP contribution in [0.25, 0.3) is 0 Å². The topological polar surface area (TPSA) is 29.5 Å². The maximum Gasteiger partial charge on any atom is 0.118 e. The molecule has 1 aromatic carbocycles. The Balaban J connectivity index is 2.80. The standard InChI is InChI=1S/C12H16O2/c1-4-9(2)12(13)10-5-7-11(14-3)8-6-10/h4-9,12-13H,1H2,2-3H3/t9-,12+/m1/s1. The fraction of sp³-hybridized carbons (Fsp3) is 0.333. The van der Waals surface area contributed by atoms with Gasteiger partial charge in [0, 0.05) is 5.92 Å². The van der Waals surface area contributed by atoms with Crippen LogP contribution in [0.1, 0.15) is 18.6 Å². The third-order valence-electron chi connectivity index (χ3n) is 2.33. The molecule has 2 nitrogen and oxygen atoms in total. The Morgan fingerprint density at radius 2 is 1.93 bits per heavy atom. The van der Waals surface area contributed by atoms with Gasteiger partial charge in [0.2, 0.25) is 0 Å². The van der Waals surface area contributed by atoms with Crippen LogP contribution in [0.3, 0.4) is 0 Å². The van der Waals surface area contributed by atoms with Crippen molar-refractivity contribution in [2.75, 3.05) is 7.11 Å². The molecule has 0 aliphatic heterocycles. The number of rotatable bonds is 4. The normalized spacial score (nSPS) is 14.5. The van der Waals surface area contributed by atoms with Gasteiger partial charge in [-0.1, -0.05) is 25.1 Å². The van der Waals surface area contributed by atoms with Gasteiger partial charge in [-0.05, 0) is 17.7 Å². The predicted molar refractivity (Wildman–Crippen MR) is 57.3 cm³/mol. The molecule has 1 N–H and O–H groups in total. The lowest BCUT2D eigenvalue weighted by molar-refractivity contribution is 0.140. The van der Waals surface area contributed by atoms with E-state index in [4.69, 9.17) is 4.74 Å². The second-order valence-corrected chi connectivity index (χ2v) is 3.31.